The number of amides is 1. The maximum Gasteiger partial charge on any atom is 0.436 e. The molecule has 5 nitrogen and oxygen atoms in total. The Morgan fingerprint density at radius 2 is 1.79 bits per heavy atom. The van der Waals surface area contributed by atoms with Crippen LogP contribution in [0.15, 0.2) is 17.1 Å². The van der Waals surface area contributed by atoms with E-state index in [1.807, 2.05) is 13.8 Å². The van der Waals surface area contributed by atoms with E-state index < -0.39 is 15.8 Å². The van der Waals surface area contributed by atoms with Gasteiger partial charge in [0.25, 0.3) is 9.69 Å². The van der Waals surface area contributed by atoms with Crippen molar-refractivity contribution >= 4 is 52.6 Å². The standard InChI is InChI=1S/C16H18Cl3NO4/c1-8(2)11-7-12(10(4)21)9(3)6-13(11)24-14(16(17,18)19)20-15(22)23-5/h6-8H,1-5H3/b20-14+. The average molecular weight is 395 g/mol. The van der Waals surface area contributed by atoms with Crippen LogP contribution in [0.25, 0.3) is 0 Å². The number of aliphatic imine (C=N–C) groups is 1. The zero-order chi connectivity index (χ0) is 18.7. The van der Waals surface area contributed by atoms with Gasteiger partial charge in [-0.25, -0.2) is 4.79 Å². The number of hydrogen-bond donors (Lipinski definition) is 0. The third kappa shape index (κ3) is 5.36. The molecule has 0 N–H and O–H groups in total. The van der Waals surface area contributed by atoms with Crippen LogP contribution in [0, 0.1) is 6.92 Å². The number of hydrogen-bond acceptors (Lipinski definition) is 4. The van der Waals surface area contributed by atoms with Crippen LogP contribution >= 0.6 is 34.8 Å². The lowest BCUT2D eigenvalue weighted by Gasteiger charge is -2.20. The Bertz CT molecular complexity index is 679. The molecule has 0 unspecified atom stereocenters. The molecule has 0 fully saturated rings. The molecule has 1 aromatic carbocycles. The van der Waals surface area contributed by atoms with E-state index in [1.54, 1.807) is 19.1 Å². The van der Waals surface area contributed by atoms with Crippen LogP contribution in [0.4, 0.5) is 4.79 Å². The summed E-state index contributed by atoms with van der Waals surface area (Å²) in [6, 6.07) is 3.38. The number of Topliss-reactive ketones (excluding diaryl/α,β-unsaturated/α-hetero) is 1. The first kappa shape index (κ1) is 20.7. The first-order chi connectivity index (χ1) is 11.0. The van der Waals surface area contributed by atoms with Gasteiger partial charge < -0.3 is 9.47 Å². The van der Waals surface area contributed by atoms with Crippen molar-refractivity contribution < 1.29 is 19.1 Å². The number of ketones is 1. The maximum absolute atomic E-state index is 11.7. The SMILES string of the molecule is COC(=O)/N=C(/Oc1cc(C)c(C(C)=O)cc1C(C)C)C(Cl)(Cl)Cl. The number of rotatable bonds is 3. The molecule has 0 atom stereocenters. The fourth-order valence-corrected chi connectivity index (χ4v) is 2.24. The Kier molecular flexibility index (Phi) is 7.08. The topological polar surface area (TPSA) is 65.0 Å². The van der Waals surface area contributed by atoms with Gasteiger partial charge in [0.15, 0.2) is 5.78 Å². The highest BCUT2D eigenvalue weighted by Gasteiger charge is 2.33. The Hall–Kier alpha value is -1.30. The molecule has 1 aromatic rings. The molecule has 0 aliphatic heterocycles. The van der Waals surface area contributed by atoms with E-state index in [4.69, 9.17) is 39.5 Å². The summed E-state index contributed by atoms with van der Waals surface area (Å²) in [5, 5.41) is 0. The van der Waals surface area contributed by atoms with Gasteiger partial charge in [-0.1, -0.05) is 48.7 Å². The predicted octanol–water partition coefficient (Wildman–Crippen LogP) is 5.23. The normalized spacial score (nSPS) is 12.3. The molecule has 0 bridgehead atoms. The first-order valence-corrected chi connectivity index (χ1v) is 8.17. The van der Waals surface area contributed by atoms with Crippen LogP contribution in [-0.4, -0.2) is 28.7 Å². The number of aryl methyl sites for hydroxylation is 1. The van der Waals surface area contributed by atoms with Crippen LogP contribution in [0.2, 0.25) is 0 Å². The Balaban J connectivity index is 3.43. The minimum absolute atomic E-state index is 0.0217. The Labute approximate surface area is 155 Å². The second kappa shape index (κ2) is 8.19. The van der Waals surface area contributed by atoms with Gasteiger partial charge >= 0.3 is 6.09 Å². The molecule has 0 heterocycles. The molecule has 0 spiro atoms. The summed E-state index contributed by atoms with van der Waals surface area (Å²) >= 11 is 17.5. The molecular weight excluding hydrogens is 377 g/mol. The van der Waals surface area contributed by atoms with E-state index in [0.717, 1.165) is 12.7 Å². The van der Waals surface area contributed by atoms with Crippen LogP contribution in [0.3, 0.4) is 0 Å². The highest BCUT2D eigenvalue weighted by Crippen LogP contribution is 2.34. The molecular formula is C16H18Cl3NO4. The summed E-state index contributed by atoms with van der Waals surface area (Å²) in [5.74, 6) is -0.128. The number of methoxy groups -OCH3 is 1. The van der Waals surface area contributed by atoms with E-state index >= 15 is 0 Å². The molecule has 0 saturated carbocycles. The first-order valence-electron chi connectivity index (χ1n) is 7.04. The highest BCUT2D eigenvalue weighted by atomic mass is 35.6. The largest absolute Gasteiger partial charge is 0.451 e. The molecule has 8 heteroatoms. The molecule has 0 radical (unpaired) electrons. The molecule has 0 saturated heterocycles. The fourth-order valence-electron chi connectivity index (χ4n) is 1.99. The van der Waals surface area contributed by atoms with Crippen molar-refractivity contribution in [2.45, 2.75) is 37.4 Å². The molecule has 0 aliphatic carbocycles. The van der Waals surface area contributed by atoms with Crippen LogP contribution in [0.5, 0.6) is 5.75 Å². The lowest BCUT2D eigenvalue weighted by atomic mass is 9.95. The number of carbonyl (C=O) groups is 2. The highest BCUT2D eigenvalue weighted by molar-refractivity contribution is 6.76. The lowest BCUT2D eigenvalue weighted by Crippen LogP contribution is -2.27. The minimum Gasteiger partial charge on any atom is -0.451 e. The van der Waals surface area contributed by atoms with Gasteiger partial charge in [0, 0.05) is 5.56 Å². The van der Waals surface area contributed by atoms with Gasteiger partial charge in [0.2, 0.25) is 0 Å². The summed E-state index contributed by atoms with van der Waals surface area (Å²) < 4.78 is 7.98. The summed E-state index contributed by atoms with van der Waals surface area (Å²) in [6.45, 7) is 7.10. The second-order valence-corrected chi connectivity index (χ2v) is 7.68. The monoisotopic (exact) mass is 393 g/mol. The molecule has 1 amide bonds. The predicted molar refractivity (Wildman–Crippen MR) is 96.0 cm³/mol. The Morgan fingerprint density at radius 1 is 1.21 bits per heavy atom. The van der Waals surface area contributed by atoms with E-state index in [0.29, 0.717) is 16.9 Å². The number of nitrogens with zero attached hydrogens (tertiary/aromatic N) is 1. The molecule has 132 valence electrons. The van der Waals surface area contributed by atoms with Gasteiger partial charge in [-0.2, -0.15) is 0 Å². The van der Waals surface area contributed by atoms with Crippen molar-refractivity contribution in [1.82, 2.24) is 0 Å². The summed E-state index contributed by atoms with van der Waals surface area (Å²) in [4.78, 5) is 26.6. The van der Waals surface area contributed by atoms with Crippen LogP contribution in [0.1, 0.15) is 48.2 Å². The van der Waals surface area contributed by atoms with Crippen molar-refractivity contribution in [2.75, 3.05) is 7.11 Å². The lowest BCUT2D eigenvalue weighted by molar-refractivity contribution is 0.101. The maximum atomic E-state index is 11.7. The smallest absolute Gasteiger partial charge is 0.436 e. The van der Waals surface area contributed by atoms with Crippen molar-refractivity contribution in [3.63, 3.8) is 0 Å². The van der Waals surface area contributed by atoms with Crippen LogP contribution < -0.4 is 4.74 Å². The van der Waals surface area contributed by atoms with Gasteiger partial charge in [-0.3, -0.25) is 4.79 Å². The number of carbonyl (C=O) groups excluding carboxylic acids is 2. The summed E-state index contributed by atoms with van der Waals surface area (Å²) in [6.07, 6.45) is -0.959. The molecule has 0 aliphatic rings. The zero-order valence-corrected chi connectivity index (χ0v) is 16.2. The minimum atomic E-state index is -2.06. The number of alkyl halides is 3. The van der Waals surface area contributed by atoms with Gasteiger partial charge in [-0.05, 0) is 43.0 Å². The fraction of sp³-hybridized carbons (Fsp3) is 0.438. The van der Waals surface area contributed by atoms with E-state index in [9.17, 15) is 9.59 Å². The zero-order valence-electron chi connectivity index (χ0n) is 13.9. The van der Waals surface area contributed by atoms with Gasteiger partial charge in [0.1, 0.15) is 5.75 Å². The number of benzene rings is 1. The van der Waals surface area contributed by atoms with Gasteiger partial charge in [0.05, 0.1) is 7.11 Å². The van der Waals surface area contributed by atoms with Gasteiger partial charge in [-0.15, -0.1) is 4.99 Å². The average Bonchev–Trinajstić information content (AvgIpc) is 2.44. The number of ether oxygens (including phenoxy) is 2. The second-order valence-electron chi connectivity index (χ2n) is 5.40. The Morgan fingerprint density at radius 3 is 2.21 bits per heavy atom. The third-order valence-electron chi connectivity index (χ3n) is 3.17. The molecule has 0 aromatic heterocycles. The van der Waals surface area contributed by atoms with E-state index in [-0.39, 0.29) is 11.7 Å². The van der Waals surface area contributed by atoms with E-state index in [1.165, 1.54) is 6.92 Å². The summed E-state index contributed by atoms with van der Waals surface area (Å²) in [5.41, 5.74) is 1.99. The van der Waals surface area contributed by atoms with Crippen molar-refractivity contribution in [3.8, 4) is 5.75 Å². The molecule has 24 heavy (non-hydrogen) atoms. The van der Waals surface area contributed by atoms with Crippen molar-refractivity contribution in [1.29, 1.82) is 0 Å². The molecule has 1 rings (SSSR count). The van der Waals surface area contributed by atoms with E-state index in [2.05, 4.69) is 9.73 Å². The van der Waals surface area contributed by atoms with Crippen molar-refractivity contribution in [3.05, 3.63) is 28.8 Å². The quantitative estimate of drug-likeness (QED) is 0.304. The van der Waals surface area contributed by atoms with Crippen LogP contribution in [-0.2, 0) is 4.74 Å². The third-order valence-corrected chi connectivity index (χ3v) is 3.66. The summed E-state index contributed by atoms with van der Waals surface area (Å²) in [7, 11) is 1.15. The van der Waals surface area contributed by atoms with Crippen molar-refractivity contribution in [2.24, 2.45) is 4.99 Å². The number of halogens is 3.